The maximum Gasteiger partial charge on any atom is 0.239 e. The van der Waals surface area contributed by atoms with Crippen LogP contribution in [-0.4, -0.2) is 27.0 Å². The number of rotatable bonds is 1. The monoisotopic (exact) mass is 378 g/mol. The van der Waals surface area contributed by atoms with Gasteiger partial charge in [-0.1, -0.05) is 48.0 Å². The summed E-state index contributed by atoms with van der Waals surface area (Å²) in [5.41, 5.74) is 5.53. The zero-order chi connectivity index (χ0) is 19.1. The molecule has 0 saturated carbocycles. The van der Waals surface area contributed by atoms with E-state index in [1.165, 1.54) is 27.8 Å². The number of fused-ring (bicyclic) bond motifs is 5. The van der Waals surface area contributed by atoms with Gasteiger partial charge >= 0.3 is 0 Å². The molecule has 2 aliphatic heterocycles. The van der Waals surface area contributed by atoms with E-state index in [4.69, 9.17) is 11.6 Å². The van der Waals surface area contributed by atoms with Gasteiger partial charge in [0.1, 0.15) is 0 Å². The molecular formula is C23H23ClN2O. The molecule has 138 valence electrons. The van der Waals surface area contributed by atoms with Crippen molar-refractivity contribution in [3.8, 4) is 0 Å². The lowest BCUT2D eigenvalue weighted by Gasteiger charge is -2.38. The zero-order valence-corrected chi connectivity index (χ0v) is 16.8. The van der Waals surface area contributed by atoms with E-state index in [0.717, 1.165) is 5.02 Å². The van der Waals surface area contributed by atoms with Gasteiger partial charge in [0.05, 0.1) is 11.6 Å². The summed E-state index contributed by atoms with van der Waals surface area (Å²) in [6.07, 6.45) is 0.545. The van der Waals surface area contributed by atoms with E-state index >= 15 is 0 Å². The van der Waals surface area contributed by atoms with Crippen molar-refractivity contribution in [2.45, 2.75) is 51.2 Å². The topological polar surface area (TPSA) is 23.6 Å². The van der Waals surface area contributed by atoms with Crippen molar-refractivity contribution in [3.05, 3.63) is 75.8 Å². The highest BCUT2D eigenvalue weighted by Gasteiger charge is 2.63. The van der Waals surface area contributed by atoms with E-state index in [0.29, 0.717) is 6.42 Å². The summed E-state index contributed by atoms with van der Waals surface area (Å²) in [5.74, 6) is 0.204. The summed E-state index contributed by atoms with van der Waals surface area (Å²) in [6, 6.07) is 16.7. The van der Waals surface area contributed by atoms with Crippen molar-refractivity contribution >= 4 is 23.1 Å². The van der Waals surface area contributed by atoms with Crippen LogP contribution in [0.4, 0.5) is 0 Å². The van der Waals surface area contributed by atoms with E-state index in [1.54, 1.807) is 0 Å². The first-order valence-electron chi connectivity index (χ1n) is 9.46. The average molecular weight is 379 g/mol. The van der Waals surface area contributed by atoms with E-state index in [2.05, 4.69) is 69.1 Å². The lowest BCUT2D eigenvalue weighted by molar-refractivity contribution is -0.145. The van der Waals surface area contributed by atoms with Crippen molar-refractivity contribution in [2.75, 3.05) is 0 Å². The van der Waals surface area contributed by atoms with Crippen LogP contribution in [0.3, 0.4) is 0 Å². The lowest BCUT2D eigenvalue weighted by Crippen LogP contribution is -2.49. The van der Waals surface area contributed by atoms with Gasteiger partial charge in [-0.15, -0.1) is 0 Å². The normalized spacial score (nSPS) is 25.0. The number of hydrogen-bond acceptors (Lipinski definition) is 2. The number of carbonyl (C=O) groups is 1. The highest BCUT2D eigenvalue weighted by atomic mass is 35.5. The van der Waals surface area contributed by atoms with Gasteiger partial charge in [-0.25, -0.2) is 5.01 Å². The van der Waals surface area contributed by atoms with E-state index in [9.17, 15) is 4.79 Å². The molecule has 0 aromatic heterocycles. The molecule has 3 aliphatic rings. The van der Waals surface area contributed by atoms with Crippen LogP contribution in [0.15, 0.2) is 54.1 Å². The van der Waals surface area contributed by atoms with E-state index in [-0.39, 0.29) is 23.0 Å². The first-order chi connectivity index (χ1) is 12.7. The summed E-state index contributed by atoms with van der Waals surface area (Å²) in [6.45, 7) is 8.68. The standard InChI is InChI=1S/C23H23ClN2O/c1-22(2)13-18(27)25-23(3,4)20-19(14-8-6-5-7-9-14)17-12-15(24)10-11-16(17)21(20)26(22)25/h5-12,21H,13H2,1-4H3. The summed E-state index contributed by atoms with van der Waals surface area (Å²) in [5, 5.41) is 5.06. The SMILES string of the molecule is CC1(C)CC(=O)N2N1C1C(=C(c3ccccc3)c3cc(Cl)ccc31)C2(C)C. The fraction of sp³-hybridized carbons (Fsp3) is 0.348. The second kappa shape index (κ2) is 5.24. The molecular weight excluding hydrogens is 356 g/mol. The van der Waals surface area contributed by atoms with E-state index < -0.39 is 0 Å². The maximum absolute atomic E-state index is 13.0. The minimum absolute atomic E-state index is 0.0731. The third-order valence-corrected chi connectivity index (χ3v) is 6.51. The Balaban J connectivity index is 1.86. The van der Waals surface area contributed by atoms with Crippen LogP contribution in [0.25, 0.3) is 5.57 Å². The number of amides is 1. The average Bonchev–Trinajstić information content (AvgIpc) is 3.14. The molecule has 2 aromatic rings. The molecule has 1 amide bonds. The first-order valence-corrected chi connectivity index (χ1v) is 9.83. The Morgan fingerprint density at radius 3 is 2.44 bits per heavy atom. The van der Waals surface area contributed by atoms with E-state index in [1.807, 2.05) is 17.1 Å². The summed E-state index contributed by atoms with van der Waals surface area (Å²) in [7, 11) is 0. The van der Waals surface area contributed by atoms with Crippen molar-refractivity contribution in [1.82, 2.24) is 10.0 Å². The first kappa shape index (κ1) is 17.0. The number of nitrogens with zero attached hydrogens (tertiary/aromatic N) is 2. The summed E-state index contributed by atoms with van der Waals surface area (Å²) >= 11 is 6.39. The Morgan fingerprint density at radius 2 is 1.74 bits per heavy atom. The van der Waals surface area contributed by atoms with Gasteiger partial charge in [-0.05, 0) is 67.7 Å². The highest BCUT2D eigenvalue weighted by molar-refractivity contribution is 6.30. The van der Waals surface area contributed by atoms with Gasteiger partial charge in [0.2, 0.25) is 5.91 Å². The van der Waals surface area contributed by atoms with Crippen LogP contribution >= 0.6 is 11.6 Å². The molecule has 0 N–H and O–H groups in total. The number of carbonyl (C=O) groups excluding carboxylic acids is 1. The highest BCUT2D eigenvalue weighted by Crippen LogP contribution is 2.61. The van der Waals surface area contributed by atoms with Gasteiger partial charge in [0, 0.05) is 17.0 Å². The molecule has 2 heterocycles. The molecule has 2 aromatic carbocycles. The Hall–Kier alpha value is -2.10. The Labute approximate surface area is 165 Å². The molecule has 3 nitrogen and oxygen atoms in total. The summed E-state index contributed by atoms with van der Waals surface area (Å²) in [4.78, 5) is 13.0. The van der Waals surface area contributed by atoms with Crippen LogP contribution in [0.5, 0.6) is 0 Å². The van der Waals surface area contributed by atoms with Crippen LogP contribution < -0.4 is 0 Å². The minimum Gasteiger partial charge on any atom is -0.273 e. The molecule has 0 bridgehead atoms. The molecule has 2 saturated heterocycles. The molecule has 4 heteroatoms. The molecule has 2 fully saturated rings. The molecule has 5 rings (SSSR count). The molecule has 1 unspecified atom stereocenters. The minimum atomic E-state index is -0.383. The lowest BCUT2D eigenvalue weighted by atomic mass is 9.85. The third-order valence-electron chi connectivity index (χ3n) is 6.27. The van der Waals surface area contributed by atoms with Crippen molar-refractivity contribution in [2.24, 2.45) is 0 Å². The van der Waals surface area contributed by atoms with Crippen molar-refractivity contribution in [1.29, 1.82) is 0 Å². The number of hydrazine groups is 1. The predicted molar refractivity (Wildman–Crippen MR) is 108 cm³/mol. The summed E-state index contributed by atoms with van der Waals surface area (Å²) < 4.78 is 0. The molecule has 1 aliphatic carbocycles. The van der Waals surface area contributed by atoms with Crippen molar-refractivity contribution < 1.29 is 4.79 Å². The fourth-order valence-corrected chi connectivity index (χ4v) is 5.48. The van der Waals surface area contributed by atoms with Gasteiger partial charge < -0.3 is 0 Å². The largest absolute Gasteiger partial charge is 0.273 e. The number of benzene rings is 2. The van der Waals surface area contributed by atoms with Crippen LogP contribution in [-0.2, 0) is 4.79 Å². The fourth-order valence-electron chi connectivity index (χ4n) is 5.31. The van der Waals surface area contributed by atoms with Gasteiger partial charge in [-0.2, -0.15) is 0 Å². The van der Waals surface area contributed by atoms with Gasteiger partial charge in [0.25, 0.3) is 0 Å². The van der Waals surface area contributed by atoms with Gasteiger partial charge in [0.15, 0.2) is 0 Å². The zero-order valence-electron chi connectivity index (χ0n) is 16.1. The second-order valence-electron chi connectivity index (χ2n) is 8.89. The number of hydrogen-bond donors (Lipinski definition) is 0. The second-order valence-corrected chi connectivity index (χ2v) is 9.32. The van der Waals surface area contributed by atoms with Crippen LogP contribution in [0.2, 0.25) is 5.02 Å². The van der Waals surface area contributed by atoms with Crippen LogP contribution in [0.1, 0.15) is 56.8 Å². The molecule has 1 atom stereocenters. The van der Waals surface area contributed by atoms with Gasteiger partial charge in [-0.3, -0.25) is 9.80 Å². The van der Waals surface area contributed by atoms with Crippen molar-refractivity contribution in [3.63, 3.8) is 0 Å². The maximum atomic E-state index is 13.0. The smallest absolute Gasteiger partial charge is 0.239 e. The predicted octanol–water partition coefficient (Wildman–Crippen LogP) is 5.22. The molecule has 0 radical (unpaired) electrons. The van der Waals surface area contributed by atoms with Crippen LogP contribution in [0, 0.1) is 0 Å². The Kier molecular flexibility index (Phi) is 3.31. The molecule has 27 heavy (non-hydrogen) atoms. The number of halogens is 1. The third kappa shape index (κ3) is 2.10. The Bertz CT molecular complexity index is 1010. The quantitative estimate of drug-likeness (QED) is 0.679. The molecule has 0 spiro atoms. The Morgan fingerprint density at radius 1 is 1.04 bits per heavy atom.